The Bertz CT molecular complexity index is 3270. The Morgan fingerprint density at radius 1 is 0.795 bits per heavy atom. The first kappa shape index (κ1) is 76.8. The fourth-order valence-electron chi connectivity index (χ4n) is 9.54. The number of halogens is 6. The van der Waals surface area contributed by atoms with Gasteiger partial charge in [-0.3, -0.25) is 14.8 Å². The number of pyridine rings is 1. The van der Waals surface area contributed by atoms with Crippen molar-refractivity contribution in [2.75, 3.05) is 59.7 Å². The number of aliphatic carboxylic acids is 1. The molecule has 1 N–H and O–H groups in total. The minimum Gasteiger partial charge on any atom is -1.00 e. The number of rotatable bonds is 7. The molecule has 0 bridgehead atoms. The molecule has 19 heteroatoms. The third kappa shape index (κ3) is 18.9. The summed E-state index contributed by atoms with van der Waals surface area (Å²) in [7, 11) is 10.3. The number of fused-ring (bicyclic) bond motifs is 3. The molecule has 12 nitrogen and oxygen atoms in total. The average Bonchev–Trinajstić information content (AvgIpc) is 3.94. The van der Waals surface area contributed by atoms with E-state index in [0.717, 1.165) is 111 Å². The molecule has 0 atom stereocenters. The number of carbonyl (C=O) groups excluding carboxylic acids is 1. The largest absolute Gasteiger partial charge is 1.00 e. The number of hydrogen-bond acceptors (Lipinski definition) is 10. The molecule has 7 aliphatic heterocycles. The van der Waals surface area contributed by atoms with Gasteiger partial charge in [-0.1, -0.05) is 99.1 Å². The number of nitrogens with one attached hydrogen (secondary N) is 1. The van der Waals surface area contributed by atoms with Gasteiger partial charge in [0, 0.05) is 90.7 Å². The Labute approximate surface area is 572 Å². The summed E-state index contributed by atoms with van der Waals surface area (Å²) in [6, 6.07) is 24.2. The minimum absolute atomic E-state index is 0. The molecular weight excluding hydrogens is 1360 g/mol. The van der Waals surface area contributed by atoms with E-state index in [4.69, 9.17) is 43.1 Å². The van der Waals surface area contributed by atoms with Gasteiger partial charge in [-0.2, -0.15) is 4.58 Å². The van der Waals surface area contributed by atoms with Crippen molar-refractivity contribution in [1.82, 2.24) is 14.7 Å². The van der Waals surface area contributed by atoms with Crippen molar-refractivity contribution < 1.29 is 72.6 Å². The molecular formula is C64H79Cl4I2N10NaO2+2. The number of allylic oxidation sites excluding steroid dienone is 8. The molecule has 8 heterocycles. The number of nitrogens with zero attached hydrogens (tertiary/aromatic N) is 9. The van der Waals surface area contributed by atoms with Crippen LogP contribution in [0.2, 0.25) is 0 Å². The third-order valence-electron chi connectivity index (χ3n) is 14.2. The van der Waals surface area contributed by atoms with E-state index in [1.807, 2.05) is 117 Å². The smallest absolute Gasteiger partial charge is 1.00 e. The van der Waals surface area contributed by atoms with E-state index in [1.54, 1.807) is 0 Å². The monoisotopic (exact) mass is 1440 g/mol. The number of hydrogen-bond donors (Lipinski definition) is 1. The van der Waals surface area contributed by atoms with Crippen LogP contribution in [-0.4, -0.2) is 109 Å². The predicted octanol–water partition coefficient (Wildman–Crippen LogP) is 6.98. The van der Waals surface area contributed by atoms with Crippen LogP contribution in [-0.2, 0) is 17.3 Å². The van der Waals surface area contributed by atoms with Crippen LogP contribution in [0.3, 0.4) is 0 Å². The Morgan fingerprint density at radius 2 is 1.39 bits per heavy atom. The molecule has 0 unspecified atom stereocenters. The molecule has 438 valence electrons. The molecule has 83 heavy (non-hydrogen) atoms. The van der Waals surface area contributed by atoms with Crippen molar-refractivity contribution in [2.24, 2.45) is 37.8 Å². The molecule has 7 aliphatic rings. The Kier molecular flexibility index (Phi) is 31.2. The maximum atomic E-state index is 8.89. The summed E-state index contributed by atoms with van der Waals surface area (Å²) in [4.78, 5) is 34.4. The quantitative estimate of drug-likeness (QED) is 0.0898. The molecule has 0 radical (unpaired) electrons. The number of aryl methyl sites for hydroxylation is 1. The second-order valence-electron chi connectivity index (χ2n) is 21.5. The van der Waals surface area contributed by atoms with Crippen LogP contribution in [0, 0.1) is 17.3 Å². The summed E-state index contributed by atoms with van der Waals surface area (Å²) in [6.07, 6.45) is 26.9. The predicted molar refractivity (Wildman–Crippen MR) is 355 cm³/mol. The Balaban J connectivity index is 0.000000635. The van der Waals surface area contributed by atoms with Gasteiger partial charge >= 0.3 is 41.2 Å². The molecule has 10 rings (SSSR count). The van der Waals surface area contributed by atoms with E-state index in [1.165, 1.54) is 16.7 Å². The molecule has 0 saturated carbocycles. The zero-order valence-corrected chi connectivity index (χ0v) is 58.8. The summed E-state index contributed by atoms with van der Waals surface area (Å²) in [6.45, 7) is 21.4. The number of aromatic nitrogens is 1. The van der Waals surface area contributed by atoms with E-state index >= 15 is 0 Å². The summed E-state index contributed by atoms with van der Waals surface area (Å²) in [5, 5.41) is 13.8. The van der Waals surface area contributed by atoms with Crippen molar-refractivity contribution in [3.8, 4) is 0 Å². The van der Waals surface area contributed by atoms with Gasteiger partial charge in [-0.05, 0) is 131 Å². The van der Waals surface area contributed by atoms with Crippen LogP contribution >= 0.6 is 72.0 Å². The van der Waals surface area contributed by atoms with Gasteiger partial charge in [0.15, 0.2) is 23.2 Å². The van der Waals surface area contributed by atoms with Crippen molar-refractivity contribution in [2.45, 2.75) is 61.3 Å². The average molecular weight is 1440 g/mol. The Hall–Kier alpha value is -4.18. The molecule has 0 aliphatic carbocycles. The van der Waals surface area contributed by atoms with Crippen LogP contribution in [0.15, 0.2) is 215 Å². The van der Waals surface area contributed by atoms with Gasteiger partial charge in [0.1, 0.15) is 23.7 Å². The summed E-state index contributed by atoms with van der Waals surface area (Å²) in [5.74, 6) is 2.00. The second-order valence-corrected chi connectivity index (χ2v) is 22.2. The fraction of sp³-hybridized carbons (Fsp3) is 0.312. The summed E-state index contributed by atoms with van der Waals surface area (Å²) < 4.78 is 4.12. The second kappa shape index (κ2) is 33.7. The first-order valence-electron chi connectivity index (χ1n) is 25.7. The normalized spacial score (nSPS) is 20.0. The number of aliphatic imine (C=N–C) groups is 4. The van der Waals surface area contributed by atoms with Gasteiger partial charge < -0.3 is 44.1 Å². The zero-order chi connectivity index (χ0) is 55.8. The summed E-state index contributed by atoms with van der Waals surface area (Å²) in [5.41, 5.74) is 12.8. The molecule has 2 aromatic carbocycles. The number of benzene rings is 2. The van der Waals surface area contributed by atoms with Crippen LogP contribution in [0.1, 0.15) is 61.5 Å². The maximum Gasteiger partial charge on any atom is 1.00 e. The standard InChI is InChI=1S/C30H35ClN5.C20H20ClN3.C11H14N2.C2H4O2.CH4.2ClH.2HI.Na/c1-29(2)22-10-8-16-35(6)27(22)32-24(29)14-12-20-18-34(5)19-21(26(20)31)13-15-25-30(3,4)23-11-9-17-36(7)28(23)33-25;1-24-14-16(12-22-18-8-4-2-5-9-18)20(21)17(15-24)13-23-19-10-6-3-7-11-19;1-8-11(2,3)9-6-5-7-13(4)10(9)12-8;1-2(3)4;;;;;;/h8-17H,18-19H2,1-7H3;2-13,22H,14-15H2,1H3;5-7H,1H2,2-4H3;1H3,(H,3,4);1H4;4*1H;/q+1;;+2;;;;;;;+1/p-2/b;16-12+,23-13?;;;;;;;;. The van der Waals surface area contributed by atoms with Crippen LogP contribution in [0.4, 0.5) is 17.2 Å². The maximum absolute atomic E-state index is 8.89. The van der Waals surface area contributed by atoms with Crippen LogP contribution < -0.4 is 68.5 Å². The van der Waals surface area contributed by atoms with Gasteiger partial charge in [0.2, 0.25) is 0 Å². The first-order valence-corrected chi connectivity index (χ1v) is 26.5. The summed E-state index contributed by atoms with van der Waals surface area (Å²) >= 11 is 13.6. The van der Waals surface area contributed by atoms with E-state index in [2.05, 4.69) is 158 Å². The van der Waals surface area contributed by atoms with E-state index < -0.39 is 5.97 Å². The van der Waals surface area contributed by atoms with Gasteiger partial charge in [0.25, 0.3) is 0 Å². The molecule has 3 aromatic rings. The van der Waals surface area contributed by atoms with Crippen LogP contribution in [0.5, 0.6) is 0 Å². The number of carboxylic acids is 1. The number of likely N-dealkylation sites (N-methyl/N-ethyl adjacent to an activating group) is 4. The Morgan fingerprint density at radius 3 is 1.99 bits per heavy atom. The van der Waals surface area contributed by atoms with Gasteiger partial charge in [-0.25, -0.2) is 9.56 Å². The number of amidine groups is 2. The van der Waals surface area contributed by atoms with Crippen molar-refractivity contribution in [3.05, 3.63) is 207 Å². The van der Waals surface area contributed by atoms with E-state index in [-0.39, 0.29) is 126 Å². The topological polar surface area (TPSA) is 118 Å². The van der Waals surface area contributed by atoms with Gasteiger partial charge in [-0.15, -0.1) is 48.8 Å². The van der Waals surface area contributed by atoms with E-state index in [0.29, 0.717) is 0 Å². The SMILES string of the molecule is C.C=C1N=C2C(=C[CH+]C=[N+]2C)C1(C)C.CC(=O)[O-].CN1CC(/C=C/C2=Nc3c(ccc[n+]3C)C2(C)C)=C(Cl)C(=C/C=C2/N=C3C(=CC=CN3C)C2(C)C)/C1.CN1CC(C=Nc2ccccc2)=C(Cl)/C(=C/Nc2ccccc2)C1.Cl.Cl.I.[I-].[Na+]. The third-order valence-corrected chi connectivity index (χ3v) is 15.2. The fourth-order valence-corrected chi connectivity index (χ4v) is 10.0. The number of anilines is 1. The van der Waals surface area contributed by atoms with Crippen molar-refractivity contribution >= 4 is 125 Å². The molecule has 0 fully saturated rings. The van der Waals surface area contributed by atoms with Crippen molar-refractivity contribution in [1.29, 1.82) is 0 Å². The van der Waals surface area contributed by atoms with Crippen molar-refractivity contribution in [3.63, 3.8) is 0 Å². The molecule has 0 spiro atoms. The molecule has 1 aromatic heterocycles. The number of carbonyl (C=O) groups is 1. The van der Waals surface area contributed by atoms with Gasteiger partial charge in [0.05, 0.1) is 47.7 Å². The minimum atomic E-state index is -1.08. The number of carboxylic acid groups (broad SMARTS) is 1. The number of para-hydroxylation sites is 2. The first-order chi connectivity index (χ1) is 36.5. The zero-order valence-electron chi connectivity index (χ0n) is 49.2. The molecule has 0 amide bonds. The molecule has 0 saturated heterocycles. The van der Waals surface area contributed by atoms with E-state index in [9.17, 15) is 0 Å². The van der Waals surface area contributed by atoms with Crippen LogP contribution in [0.25, 0.3) is 0 Å².